The zero-order valence-electron chi connectivity index (χ0n) is 13.7. The molecule has 1 fully saturated rings. The van der Waals surface area contributed by atoms with Crippen molar-refractivity contribution in [3.8, 4) is 0 Å². The monoisotopic (exact) mass is 313 g/mol. The number of anilines is 1. The molecular weight excluding hydrogens is 286 g/mol. The molecule has 0 saturated carbocycles. The highest BCUT2D eigenvalue weighted by molar-refractivity contribution is 5.89. The van der Waals surface area contributed by atoms with Gasteiger partial charge in [0.25, 0.3) is 0 Å². The number of rotatable bonds is 4. The maximum Gasteiger partial charge on any atom is 0.319 e. The van der Waals surface area contributed by atoms with Gasteiger partial charge in [-0.25, -0.2) is 4.79 Å². The average Bonchev–Trinajstić information content (AvgIpc) is 2.62. The molecule has 3 rings (SSSR count). The van der Waals surface area contributed by atoms with E-state index in [1.54, 1.807) is 0 Å². The Hall–Kier alpha value is -1.81. The molecule has 0 spiro atoms. The summed E-state index contributed by atoms with van der Waals surface area (Å²) in [5.41, 5.74) is 0.834. The SMILES string of the molecule is O=C(NCC1CCCCN1C1C=CCCC1)Nc1ccccc1. The van der Waals surface area contributed by atoms with Gasteiger partial charge in [0, 0.05) is 24.3 Å². The van der Waals surface area contributed by atoms with Crippen LogP contribution in [0.1, 0.15) is 38.5 Å². The van der Waals surface area contributed by atoms with E-state index in [0.29, 0.717) is 12.1 Å². The third-order valence-electron chi connectivity index (χ3n) is 4.86. The van der Waals surface area contributed by atoms with Crippen molar-refractivity contribution in [2.75, 3.05) is 18.4 Å². The fourth-order valence-corrected chi connectivity index (χ4v) is 3.66. The number of nitrogens with zero attached hydrogens (tertiary/aromatic N) is 1. The van der Waals surface area contributed by atoms with Gasteiger partial charge in [-0.15, -0.1) is 0 Å². The number of amides is 2. The Bertz CT molecular complexity index is 529. The number of hydrogen-bond acceptors (Lipinski definition) is 2. The molecule has 1 saturated heterocycles. The van der Waals surface area contributed by atoms with Crippen LogP contribution in [-0.4, -0.2) is 36.1 Å². The van der Waals surface area contributed by atoms with Crippen LogP contribution in [-0.2, 0) is 0 Å². The molecule has 1 aromatic carbocycles. The van der Waals surface area contributed by atoms with E-state index in [1.165, 1.54) is 38.5 Å². The quantitative estimate of drug-likeness (QED) is 0.831. The van der Waals surface area contributed by atoms with Crippen molar-refractivity contribution in [2.24, 2.45) is 0 Å². The van der Waals surface area contributed by atoms with Crippen molar-refractivity contribution in [3.05, 3.63) is 42.5 Å². The summed E-state index contributed by atoms with van der Waals surface area (Å²) in [5.74, 6) is 0. The van der Waals surface area contributed by atoms with E-state index < -0.39 is 0 Å². The Labute approximate surface area is 138 Å². The lowest BCUT2D eigenvalue weighted by Crippen LogP contribution is -2.51. The van der Waals surface area contributed by atoms with E-state index >= 15 is 0 Å². The number of urea groups is 1. The highest BCUT2D eigenvalue weighted by Crippen LogP contribution is 2.24. The van der Waals surface area contributed by atoms with Crippen LogP contribution in [0, 0.1) is 0 Å². The molecule has 2 unspecified atom stereocenters. The number of carbonyl (C=O) groups excluding carboxylic acids is 1. The standard InChI is InChI=1S/C19H27N3O/c23-19(21-16-9-3-1-4-10-16)20-15-18-13-7-8-14-22(18)17-11-5-2-6-12-17/h1,3-5,9-11,17-18H,2,6-8,12-15H2,(H2,20,21,23). The first-order valence-electron chi connectivity index (χ1n) is 8.85. The highest BCUT2D eigenvalue weighted by Gasteiger charge is 2.28. The predicted octanol–water partition coefficient (Wildman–Crippen LogP) is 3.77. The van der Waals surface area contributed by atoms with E-state index in [4.69, 9.17) is 0 Å². The van der Waals surface area contributed by atoms with Gasteiger partial charge in [0.2, 0.25) is 0 Å². The average molecular weight is 313 g/mol. The normalized spacial score (nSPS) is 25.0. The summed E-state index contributed by atoms with van der Waals surface area (Å²) in [6, 6.07) is 10.5. The van der Waals surface area contributed by atoms with Gasteiger partial charge in [-0.1, -0.05) is 36.8 Å². The number of allylic oxidation sites excluding steroid dienone is 1. The second kappa shape index (κ2) is 8.16. The second-order valence-corrected chi connectivity index (χ2v) is 6.51. The van der Waals surface area contributed by atoms with Crippen LogP contribution in [0.15, 0.2) is 42.5 Å². The number of nitrogens with one attached hydrogen (secondary N) is 2. The van der Waals surface area contributed by atoms with Crippen molar-refractivity contribution in [2.45, 2.75) is 50.6 Å². The Kier molecular flexibility index (Phi) is 5.70. The molecule has 4 heteroatoms. The predicted molar refractivity (Wildman–Crippen MR) is 94.6 cm³/mol. The lowest BCUT2D eigenvalue weighted by molar-refractivity contribution is 0.109. The summed E-state index contributed by atoms with van der Waals surface area (Å²) in [6.07, 6.45) is 12.1. The van der Waals surface area contributed by atoms with Crippen LogP contribution < -0.4 is 10.6 Å². The zero-order chi connectivity index (χ0) is 15.9. The first-order chi connectivity index (χ1) is 11.3. The Balaban J connectivity index is 1.51. The molecule has 1 aliphatic carbocycles. The Morgan fingerprint density at radius 2 is 2.00 bits per heavy atom. The lowest BCUT2D eigenvalue weighted by atomic mass is 9.94. The molecule has 1 aromatic rings. The minimum absolute atomic E-state index is 0.110. The fraction of sp³-hybridized carbons (Fsp3) is 0.526. The van der Waals surface area contributed by atoms with Crippen LogP contribution in [0.2, 0.25) is 0 Å². The molecule has 4 nitrogen and oxygen atoms in total. The lowest BCUT2D eigenvalue weighted by Gasteiger charge is -2.41. The van der Waals surface area contributed by atoms with Crippen molar-refractivity contribution >= 4 is 11.7 Å². The van der Waals surface area contributed by atoms with Gasteiger partial charge in [-0.2, -0.15) is 0 Å². The molecule has 2 amide bonds. The maximum absolute atomic E-state index is 12.1. The van der Waals surface area contributed by atoms with E-state index in [0.717, 1.165) is 18.8 Å². The van der Waals surface area contributed by atoms with Gasteiger partial charge < -0.3 is 10.6 Å². The molecule has 0 aromatic heterocycles. The summed E-state index contributed by atoms with van der Waals surface area (Å²) in [4.78, 5) is 14.7. The van der Waals surface area contributed by atoms with E-state index in [9.17, 15) is 4.79 Å². The van der Waals surface area contributed by atoms with Crippen LogP contribution >= 0.6 is 0 Å². The second-order valence-electron chi connectivity index (χ2n) is 6.51. The van der Waals surface area contributed by atoms with Crippen LogP contribution in [0.5, 0.6) is 0 Å². The van der Waals surface area contributed by atoms with Crippen LogP contribution in [0.25, 0.3) is 0 Å². The van der Waals surface area contributed by atoms with E-state index in [2.05, 4.69) is 27.7 Å². The Morgan fingerprint density at radius 3 is 2.78 bits per heavy atom. The molecular formula is C19H27N3O. The first-order valence-corrected chi connectivity index (χ1v) is 8.85. The van der Waals surface area contributed by atoms with Crippen molar-refractivity contribution in [3.63, 3.8) is 0 Å². The van der Waals surface area contributed by atoms with Gasteiger partial charge in [0.05, 0.1) is 0 Å². The fourth-order valence-electron chi connectivity index (χ4n) is 3.66. The number of carbonyl (C=O) groups is 1. The molecule has 2 aliphatic rings. The first kappa shape index (κ1) is 16.1. The van der Waals surface area contributed by atoms with Gasteiger partial charge in [0.15, 0.2) is 0 Å². The van der Waals surface area contributed by atoms with Gasteiger partial charge in [-0.05, 0) is 50.8 Å². The van der Waals surface area contributed by atoms with Gasteiger partial charge in [-0.3, -0.25) is 4.90 Å². The molecule has 2 atom stereocenters. The summed E-state index contributed by atoms with van der Waals surface area (Å²) in [7, 11) is 0. The number of likely N-dealkylation sites (tertiary alicyclic amines) is 1. The molecule has 1 aliphatic heterocycles. The number of piperidine rings is 1. The largest absolute Gasteiger partial charge is 0.336 e. The highest BCUT2D eigenvalue weighted by atomic mass is 16.2. The summed E-state index contributed by atoms with van der Waals surface area (Å²) >= 11 is 0. The molecule has 0 radical (unpaired) electrons. The van der Waals surface area contributed by atoms with Crippen molar-refractivity contribution in [1.29, 1.82) is 0 Å². The third-order valence-corrected chi connectivity index (χ3v) is 4.86. The van der Waals surface area contributed by atoms with Gasteiger partial charge in [0.1, 0.15) is 0 Å². The Morgan fingerprint density at radius 1 is 1.13 bits per heavy atom. The smallest absolute Gasteiger partial charge is 0.319 e. The number of benzene rings is 1. The zero-order valence-corrected chi connectivity index (χ0v) is 13.7. The van der Waals surface area contributed by atoms with E-state index in [1.807, 2.05) is 30.3 Å². The topological polar surface area (TPSA) is 44.4 Å². The number of hydrogen-bond donors (Lipinski definition) is 2. The van der Waals surface area contributed by atoms with Crippen molar-refractivity contribution in [1.82, 2.24) is 10.2 Å². The minimum atomic E-state index is -0.110. The van der Waals surface area contributed by atoms with Crippen LogP contribution in [0.4, 0.5) is 10.5 Å². The van der Waals surface area contributed by atoms with E-state index in [-0.39, 0.29) is 6.03 Å². The molecule has 1 heterocycles. The minimum Gasteiger partial charge on any atom is -0.336 e. The summed E-state index contributed by atoms with van der Waals surface area (Å²) in [5, 5.41) is 5.95. The van der Waals surface area contributed by atoms with Gasteiger partial charge >= 0.3 is 6.03 Å². The van der Waals surface area contributed by atoms with Crippen molar-refractivity contribution < 1.29 is 4.79 Å². The summed E-state index contributed by atoms with van der Waals surface area (Å²) < 4.78 is 0. The van der Waals surface area contributed by atoms with Crippen LogP contribution in [0.3, 0.4) is 0 Å². The molecule has 0 bridgehead atoms. The number of para-hydroxylation sites is 1. The molecule has 23 heavy (non-hydrogen) atoms. The summed E-state index contributed by atoms with van der Waals surface area (Å²) in [6.45, 7) is 1.88. The third kappa shape index (κ3) is 4.58. The maximum atomic E-state index is 12.1. The molecule has 2 N–H and O–H groups in total. The molecule has 124 valence electrons.